The highest BCUT2D eigenvalue weighted by molar-refractivity contribution is 7.99. The minimum absolute atomic E-state index is 0.0741. The Bertz CT molecular complexity index is 1180. The summed E-state index contributed by atoms with van der Waals surface area (Å²) in [7, 11) is 1.95. The van der Waals surface area contributed by atoms with Crippen LogP contribution in [-0.2, 0) is 7.05 Å². The number of H-pyrrole nitrogens is 1. The Balaban J connectivity index is 1.65. The lowest BCUT2D eigenvalue weighted by Gasteiger charge is -2.11. The molecule has 0 radical (unpaired) electrons. The summed E-state index contributed by atoms with van der Waals surface area (Å²) < 4.78 is 1.97. The second-order valence-electron chi connectivity index (χ2n) is 6.41. The number of nitrogens with one attached hydrogen (secondary N) is 1. The van der Waals surface area contributed by atoms with Crippen LogP contribution in [0.2, 0.25) is 0 Å². The van der Waals surface area contributed by atoms with Gasteiger partial charge in [0.25, 0.3) is 5.56 Å². The van der Waals surface area contributed by atoms with E-state index in [1.165, 1.54) is 11.8 Å². The van der Waals surface area contributed by atoms with Gasteiger partial charge in [0.05, 0.1) is 16.2 Å². The van der Waals surface area contributed by atoms with Crippen molar-refractivity contribution in [1.82, 2.24) is 24.7 Å². The molecule has 0 saturated heterocycles. The first kappa shape index (κ1) is 17.5. The van der Waals surface area contributed by atoms with Gasteiger partial charge in [-0.25, -0.2) is 4.98 Å². The average molecular weight is 377 g/mol. The highest BCUT2D eigenvalue weighted by Crippen LogP contribution is 2.33. The maximum absolute atomic E-state index is 12.3. The number of aromatic amines is 1. The van der Waals surface area contributed by atoms with Crippen molar-refractivity contribution in [2.75, 3.05) is 0 Å². The standard InChI is InChI=1S/C20H19N5OS/c1-12-8-4-5-9-14(12)18-23-24-20(25(18)3)27-13(2)17-21-16-11-7-6-10-15(16)19(26)22-17/h4-11,13H,1-3H3,(H,21,22,26)/t13-/m1/s1. The van der Waals surface area contributed by atoms with Crippen molar-refractivity contribution >= 4 is 22.7 Å². The van der Waals surface area contributed by atoms with Crippen LogP contribution in [-0.4, -0.2) is 24.7 Å². The summed E-state index contributed by atoms with van der Waals surface area (Å²) in [4.78, 5) is 19.8. The van der Waals surface area contributed by atoms with Crippen LogP contribution in [0.3, 0.4) is 0 Å². The lowest BCUT2D eigenvalue weighted by atomic mass is 10.1. The second kappa shape index (κ2) is 7.00. The minimum Gasteiger partial charge on any atom is -0.309 e. The molecule has 0 amide bonds. The molecular weight excluding hydrogens is 358 g/mol. The summed E-state index contributed by atoms with van der Waals surface area (Å²) in [5.74, 6) is 1.45. The molecule has 2 aromatic heterocycles. The lowest BCUT2D eigenvalue weighted by Crippen LogP contribution is -2.13. The van der Waals surface area contributed by atoms with Gasteiger partial charge < -0.3 is 9.55 Å². The zero-order valence-corrected chi connectivity index (χ0v) is 16.1. The topological polar surface area (TPSA) is 76.5 Å². The Labute approximate surface area is 160 Å². The number of benzene rings is 2. The van der Waals surface area contributed by atoms with Gasteiger partial charge in [-0.15, -0.1) is 10.2 Å². The van der Waals surface area contributed by atoms with Crippen LogP contribution >= 0.6 is 11.8 Å². The molecule has 0 fully saturated rings. The van der Waals surface area contributed by atoms with Gasteiger partial charge in [-0.3, -0.25) is 4.79 Å². The van der Waals surface area contributed by atoms with Crippen molar-refractivity contribution in [2.24, 2.45) is 7.05 Å². The Kier molecular flexibility index (Phi) is 4.53. The normalized spacial score (nSPS) is 12.4. The lowest BCUT2D eigenvalue weighted by molar-refractivity contribution is 0.786. The van der Waals surface area contributed by atoms with E-state index >= 15 is 0 Å². The van der Waals surface area contributed by atoms with Crippen LogP contribution in [0.25, 0.3) is 22.3 Å². The number of thioether (sulfide) groups is 1. The predicted molar refractivity (Wildman–Crippen MR) is 108 cm³/mol. The number of para-hydroxylation sites is 1. The number of hydrogen-bond acceptors (Lipinski definition) is 5. The zero-order chi connectivity index (χ0) is 19.0. The number of aryl methyl sites for hydroxylation is 1. The fraction of sp³-hybridized carbons (Fsp3) is 0.200. The van der Waals surface area contributed by atoms with Crippen molar-refractivity contribution in [3.63, 3.8) is 0 Å². The first-order valence-electron chi connectivity index (χ1n) is 8.65. The molecule has 0 aliphatic rings. The highest BCUT2D eigenvalue weighted by Gasteiger charge is 2.18. The molecule has 4 aromatic rings. The molecule has 27 heavy (non-hydrogen) atoms. The second-order valence-corrected chi connectivity index (χ2v) is 7.72. The molecule has 1 N–H and O–H groups in total. The van der Waals surface area contributed by atoms with Gasteiger partial charge in [0.1, 0.15) is 5.82 Å². The van der Waals surface area contributed by atoms with Crippen LogP contribution in [0.5, 0.6) is 0 Å². The van der Waals surface area contributed by atoms with E-state index in [2.05, 4.69) is 33.2 Å². The van der Waals surface area contributed by atoms with Crippen LogP contribution in [0, 0.1) is 6.92 Å². The number of hydrogen-bond donors (Lipinski definition) is 1. The van der Waals surface area contributed by atoms with Gasteiger partial charge in [-0.2, -0.15) is 0 Å². The molecular formula is C20H19N5OS. The molecule has 7 heteroatoms. The quantitative estimate of drug-likeness (QED) is 0.546. The molecule has 0 aliphatic heterocycles. The molecule has 0 bridgehead atoms. The largest absolute Gasteiger partial charge is 0.309 e. The first-order valence-corrected chi connectivity index (χ1v) is 9.53. The zero-order valence-electron chi connectivity index (χ0n) is 15.3. The van der Waals surface area contributed by atoms with Gasteiger partial charge in [0, 0.05) is 12.6 Å². The summed E-state index contributed by atoms with van der Waals surface area (Å²) in [6.45, 7) is 4.06. The number of aromatic nitrogens is 5. The van der Waals surface area contributed by atoms with E-state index in [0.717, 1.165) is 22.1 Å². The smallest absolute Gasteiger partial charge is 0.258 e. The van der Waals surface area contributed by atoms with Crippen LogP contribution in [0.15, 0.2) is 58.5 Å². The van der Waals surface area contributed by atoms with E-state index in [1.807, 2.05) is 54.9 Å². The summed E-state index contributed by atoms with van der Waals surface area (Å²) in [6, 6.07) is 15.5. The fourth-order valence-corrected chi connectivity index (χ4v) is 3.86. The van der Waals surface area contributed by atoms with Gasteiger partial charge in [0.2, 0.25) is 0 Å². The van der Waals surface area contributed by atoms with Gasteiger partial charge in [-0.1, -0.05) is 48.2 Å². The molecule has 0 saturated carbocycles. The molecule has 2 heterocycles. The SMILES string of the molecule is Cc1ccccc1-c1nnc(S[C@H](C)c2nc3ccccc3c(=O)[nH]2)n1C. The Morgan fingerprint density at radius 2 is 1.81 bits per heavy atom. The maximum Gasteiger partial charge on any atom is 0.258 e. The van der Waals surface area contributed by atoms with Gasteiger partial charge in [0.15, 0.2) is 11.0 Å². The first-order chi connectivity index (χ1) is 13.0. The number of rotatable bonds is 4. The van der Waals surface area contributed by atoms with Crippen LogP contribution in [0.1, 0.15) is 23.6 Å². The van der Waals surface area contributed by atoms with E-state index in [9.17, 15) is 4.79 Å². The van der Waals surface area contributed by atoms with Gasteiger partial charge >= 0.3 is 0 Å². The summed E-state index contributed by atoms with van der Waals surface area (Å²) in [6.07, 6.45) is 0. The minimum atomic E-state index is -0.124. The molecule has 0 aliphatic carbocycles. The van der Waals surface area contributed by atoms with Crippen molar-refractivity contribution in [3.05, 3.63) is 70.3 Å². The van der Waals surface area contributed by atoms with E-state index in [0.29, 0.717) is 16.7 Å². The summed E-state index contributed by atoms with van der Waals surface area (Å²) in [5, 5.41) is 10.00. The van der Waals surface area contributed by atoms with Crippen molar-refractivity contribution in [3.8, 4) is 11.4 Å². The third-order valence-electron chi connectivity index (χ3n) is 4.52. The van der Waals surface area contributed by atoms with Crippen molar-refractivity contribution in [2.45, 2.75) is 24.3 Å². The Hall–Kier alpha value is -2.93. The molecule has 136 valence electrons. The maximum atomic E-state index is 12.3. The van der Waals surface area contributed by atoms with Gasteiger partial charge in [-0.05, 0) is 31.5 Å². The third-order valence-corrected chi connectivity index (χ3v) is 5.66. The number of fused-ring (bicyclic) bond motifs is 1. The Morgan fingerprint density at radius 1 is 1.07 bits per heavy atom. The average Bonchev–Trinajstić information content (AvgIpc) is 3.02. The molecule has 1 atom stereocenters. The van der Waals surface area contributed by atoms with E-state index in [4.69, 9.17) is 0 Å². The predicted octanol–water partition coefficient (Wildman–Crippen LogP) is 3.88. The monoisotopic (exact) mass is 377 g/mol. The highest BCUT2D eigenvalue weighted by atomic mass is 32.2. The van der Waals surface area contributed by atoms with Crippen molar-refractivity contribution in [1.29, 1.82) is 0 Å². The third kappa shape index (κ3) is 3.26. The van der Waals surface area contributed by atoms with Crippen LogP contribution < -0.4 is 5.56 Å². The number of nitrogens with zero attached hydrogens (tertiary/aromatic N) is 4. The van der Waals surface area contributed by atoms with Crippen molar-refractivity contribution < 1.29 is 0 Å². The van der Waals surface area contributed by atoms with Crippen LogP contribution in [0.4, 0.5) is 0 Å². The van der Waals surface area contributed by atoms with E-state index in [1.54, 1.807) is 6.07 Å². The molecule has 4 rings (SSSR count). The van der Waals surface area contributed by atoms with E-state index in [-0.39, 0.29) is 10.8 Å². The molecule has 6 nitrogen and oxygen atoms in total. The summed E-state index contributed by atoms with van der Waals surface area (Å²) in [5.41, 5.74) is 2.78. The van der Waals surface area contributed by atoms with E-state index < -0.39 is 0 Å². The fourth-order valence-electron chi connectivity index (χ4n) is 2.99. The Morgan fingerprint density at radius 3 is 2.63 bits per heavy atom. The molecule has 2 aromatic carbocycles. The molecule has 0 spiro atoms. The summed E-state index contributed by atoms with van der Waals surface area (Å²) >= 11 is 1.52. The molecule has 0 unspecified atom stereocenters.